The van der Waals surface area contributed by atoms with E-state index in [9.17, 15) is 0 Å². The van der Waals surface area contributed by atoms with E-state index in [2.05, 4.69) is 32.8 Å². The summed E-state index contributed by atoms with van der Waals surface area (Å²) in [5.41, 5.74) is 0.726. The van der Waals surface area contributed by atoms with Gasteiger partial charge in [0.2, 0.25) is 0 Å². The highest BCUT2D eigenvalue weighted by molar-refractivity contribution is 4.91. The summed E-state index contributed by atoms with van der Waals surface area (Å²) in [5, 5.41) is 0. The van der Waals surface area contributed by atoms with Gasteiger partial charge in [-0.15, -0.1) is 0 Å². The molecule has 0 atom stereocenters. The lowest BCUT2D eigenvalue weighted by molar-refractivity contribution is 0.0436. The van der Waals surface area contributed by atoms with E-state index >= 15 is 0 Å². The van der Waals surface area contributed by atoms with E-state index in [4.69, 9.17) is 0 Å². The van der Waals surface area contributed by atoms with Crippen molar-refractivity contribution >= 4 is 0 Å². The highest BCUT2D eigenvalue weighted by atomic mass is 15.0. The Morgan fingerprint density at radius 1 is 1.33 bits per heavy atom. The summed E-state index contributed by atoms with van der Waals surface area (Å²) in [6.07, 6.45) is 5.72. The number of hydrogen-bond donors (Lipinski definition) is 0. The zero-order valence-corrected chi connectivity index (χ0v) is 9.06. The Kier molecular flexibility index (Phi) is 3.16. The molecule has 1 heteroatoms. The minimum Gasteiger partial charge on any atom is -0.309 e. The first-order valence-corrected chi connectivity index (χ1v) is 5.23. The van der Waals surface area contributed by atoms with Crippen LogP contribution in [0.4, 0.5) is 0 Å². The zero-order chi connectivity index (χ0) is 9.19. The first-order chi connectivity index (χ1) is 5.58. The highest BCUT2D eigenvalue weighted by Gasteiger charge is 2.39. The van der Waals surface area contributed by atoms with Gasteiger partial charge in [-0.3, -0.25) is 0 Å². The van der Waals surface area contributed by atoms with Crippen LogP contribution >= 0.6 is 0 Å². The van der Waals surface area contributed by atoms with E-state index < -0.39 is 0 Å². The van der Waals surface area contributed by atoms with Crippen molar-refractivity contribution in [2.75, 3.05) is 20.6 Å². The van der Waals surface area contributed by atoms with Crippen molar-refractivity contribution in [2.24, 2.45) is 11.3 Å². The molecule has 0 aliphatic heterocycles. The zero-order valence-electron chi connectivity index (χ0n) is 9.06. The first kappa shape index (κ1) is 10.0. The Bertz CT molecular complexity index is 134. The van der Waals surface area contributed by atoms with Crippen LogP contribution in [0, 0.1) is 11.3 Å². The topological polar surface area (TPSA) is 3.24 Å². The highest BCUT2D eigenvalue weighted by Crippen LogP contribution is 2.50. The Hall–Kier alpha value is -0.0400. The van der Waals surface area contributed by atoms with Gasteiger partial charge >= 0.3 is 0 Å². The molecule has 1 nitrogen and oxygen atoms in total. The van der Waals surface area contributed by atoms with Gasteiger partial charge in [0.25, 0.3) is 0 Å². The molecule has 1 saturated carbocycles. The summed E-state index contributed by atoms with van der Waals surface area (Å²) in [7, 11) is 4.34. The van der Waals surface area contributed by atoms with Crippen LogP contribution in [0.2, 0.25) is 0 Å². The quantitative estimate of drug-likeness (QED) is 0.625. The van der Waals surface area contributed by atoms with Crippen LogP contribution in [0.5, 0.6) is 0 Å². The molecule has 0 amide bonds. The largest absolute Gasteiger partial charge is 0.309 e. The third-order valence-corrected chi connectivity index (χ3v) is 3.40. The Labute approximate surface area is 77.1 Å². The van der Waals surface area contributed by atoms with E-state index in [1.54, 1.807) is 0 Å². The molecular formula is C11H23N. The van der Waals surface area contributed by atoms with Crippen LogP contribution in [0.3, 0.4) is 0 Å². The van der Waals surface area contributed by atoms with Gasteiger partial charge in [0.15, 0.2) is 0 Å². The normalized spacial score (nSPS) is 35.2. The average molecular weight is 169 g/mol. The van der Waals surface area contributed by atoms with E-state index in [1.165, 1.54) is 32.2 Å². The van der Waals surface area contributed by atoms with Crippen molar-refractivity contribution in [1.29, 1.82) is 0 Å². The van der Waals surface area contributed by atoms with Gasteiger partial charge < -0.3 is 4.90 Å². The summed E-state index contributed by atoms with van der Waals surface area (Å²) in [6.45, 7) is 5.99. The van der Waals surface area contributed by atoms with Gasteiger partial charge in [-0.05, 0) is 51.2 Å². The van der Waals surface area contributed by atoms with E-state index in [0.717, 1.165) is 11.3 Å². The molecule has 0 unspecified atom stereocenters. The molecule has 0 aromatic carbocycles. The summed E-state index contributed by atoms with van der Waals surface area (Å²) >= 11 is 0. The Balaban J connectivity index is 2.27. The molecule has 0 spiro atoms. The summed E-state index contributed by atoms with van der Waals surface area (Å²) in [4.78, 5) is 2.31. The maximum Gasteiger partial charge on any atom is -0.00195 e. The van der Waals surface area contributed by atoms with Gasteiger partial charge in [-0.2, -0.15) is 0 Å². The maximum absolute atomic E-state index is 2.38. The second-order valence-corrected chi connectivity index (χ2v) is 4.92. The van der Waals surface area contributed by atoms with Crippen molar-refractivity contribution in [3.63, 3.8) is 0 Å². The molecule has 0 aromatic heterocycles. The second kappa shape index (κ2) is 3.78. The fourth-order valence-electron chi connectivity index (χ4n) is 2.55. The van der Waals surface area contributed by atoms with E-state index in [1.807, 2.05) is 0 Å². The summed E-state index contributed by atoms with van der Waals surface area (Å²) in [6, 6.07) is 0. The maximum atomic E-state index is 2.38. The lowest BCUT2D eigenvalue weighted by atomic mass is 9.59. The van der Waals surface area contributed by atoms with Crippen LogP contribution in [-0.4, -0.2) is 25.5 Å². The van der Waals surface area contributed by atoms with Crippen LogP contribution in [-0.2, 0) is 0 Å². The molecule has 0 aromatic rings. The summed E-state index contributed by atoms with van der Waals surface area (Å²) < 4.78 is 0. The number of hydrogen-bond acceptors (Lipinski definition) is 1. The van der Waals surface area contributed by atoms with E-state index in [0.29, 0.717) is 0 Å². The molecule has 1 aliphatic rings. The lowest BCUT2D eigenvalue weighted by Crippen LogP contribution is -2.37. The van der Waals surface area contributed by atoms with Crippen LogP contribution in [0.1, 0.15) is 39.5 Å². The number of nitrogens with zero attached hydrogens (tertiary/aromatic N) is 1. The lowest BCUT2D eigenvalue weighted by Gasteiger charge is -2.47. The second-order valence-electron chi connectivity index (χ2n) is 4.92. The first-order valence-electron chi connectivity index (χ1n) is 5.23. The molecule has 1 aliphatic carbocycles. The molecule has 0 saturated heterocycles. The van der Waals surface area contributed by atoms with Crippen LogP contribution in [0.25, 0.3) is 0 Å². The van der Waals surface area contributed by atoms with Crippen molar-refractivity contribution in [1.82, 2.24) is 4.90 Å². The number of rotatable bonds is 4. The van der Waals surface area contributed by atoms with Gasteiger partial charge in [-0.25, -0.2) is 0 Å². The van der Waals surface area contributed by atoms with Crippen LogP contribution in [0.15, 0.2) is 0 Å². The standard InChI is InChI=1S/C11H23N/c1-5-11(6-7-12(3)4)8-10(2)9-11/h10H,5-9H2,1-4H3. The van der Waals surface area contributed by atoms with E-state index in [-0.39, 0.29) is 0 Å². The van der Waals surface area contributed by atoms with Crippen molar-refractivity contribution in [3.05, 3.63) is 0 Å². The molecule has 0 bridgehead atoms. The molecule has 0 radical (unpaired) electrons. The third-order valence-electron chi connectivity index (χ3n) is 3.40. The summed E-state index contributed by atoms with van der Waals surface area (Å²) in [5.74, 6) is 0.993. The van der Waals surface area contributed by atoms with Gasteiger partial charge in [0, 0.05) is 0 Å². The van der Waals surface area contributed by atoms with Gasteiger partial charge in [-0.1, -0.05) is 20.3 Å². The smallest absolute Gasteiger partial charge is 0.00195 e. The molecular weight excluding hydrogens is 146 g/mol. The minimum absolute atomic E-state index is 0.726. The van der Waals surface area contributed by atoms with Gasteiger partial charge in [0.1, 0.15) is 0 Å². The molecule has 0 heterocycles. The van der Waals surface area contributed by atoms with Crippen LogP contribution < -0.4 is 0 Å². The predicted molar refractivity (Wildman–Crippen MR) is 54.3 cm³/mol. The minimum atomic E-state index is 0.726. The average Bonchev–Trinajstić information content (AvgIpc) is 1.95. The molecule has 72 valence electrons. The Morgan fingerprint density at radius 2 is 1.92 bits per heavy atom. The van der Waals surface area contributed by atoms with Crippen molar-refractivity contribution in [2.45, 2.75) is 39.5 Å². The molecule has 1 fully saturated rings. The Morgan fingerprint density at radius 3 is 2.25 bits per heavy atom. The molecule has 12 heavy (non-hydrogen) atoms. The predicted octanol–water partition coefficient (Wildman–Crippen LogP) is 2.76. The third kappa shape index (κ3) is 2.22. The van der Waals surface area contributed by atoms with Crippen molar-refractivity contribution < 1.29 is 0 Å². The fourth-order valence-corrected chi connectivity index (χ4v) is 2.55. The monoisotopic (exact) mass is 169 g/mol. The fraction of sp³-hybridized carbons (Fsp3) is 1.00. The van der Waals surface area contributed by atoms with Crippen molar-refractivity contribution in [3.8, 4) is 0 Å². The van der Waals surface area contributed by atoms with Gasteiger partial charge in [0.05, 0.1) is 0 Å². The SMILES string of the molecule is CCC1(CCN(C)C)CC(C)C1. The molecule has 0 N–H and O–H groups in total. The molecule has 1 rings (SSSR count).